The van der Waals surface area contributed by atoms with Crippen molar-refractivity contribution in [2.75, 3.05) is 7.11 Å². The zero-order valence-electron chi connectivity index (χ0n) is 10.8. The van der Waals surface area contributed by atoms with Crippen molar-refractivity contribution in [1.29, 1.82) is 0 Å². The van der Waals surface area contributed by atoms with Crippen LogP contribution in [-0.2, 0) is 6.54 Å². The van der Waals surface area contributed by atoms with E-state index in [1.165, 1.54) is 23.8 Å². The summed E-state index contributed by atoms with van der Waals surface area (Å²) >= 11 is 5.05. The Kier molecular flexibility index (Phi) is 4.03. The smallest absolute Gasteiger partial charge is 0.387 e. The van der Waals surface area contributed by atoms with Gasteiger partial charge in [-0.1, -0.05) is 0 Å². The molecule has 20 heavy (non-hydrogen) atoms. The number of hydrogen-bond donors (Lipinski definition) is 1. The van der Waals surface area contributed by atoms with Gasteiger partial charge in [0.2, 0.25) is 0 Å². The van der Waals surface area contributed by atoms with Gasteiger partial charge in [0.15, 0.2) is 16.3 Å². The number of ether oxygens (including phenoxy) is 2. The van der Waals surface area contributed by atoms with E-state index in [4.69, 9.17) is 17.0 Å². The van der Waals surface area contributed by atoms with Crippen molar-refractivity contribution < 1.29 is 18.3 Å². The fraction of sp³-hybridized carbons (Fsp3) is 0.333. The minimum absolute atomic E-state index is 0.0584. The molecule has 1 N–H and O–H groups in total. The van der Waals surface area contributed by atoms with Gasteiger partial charge in [-0.05, 0) is 25.2 Å². The fourth-order valence-corrected chi connectivity index (χ4v) is 2.22. The van der Waals surface area contributed by atoms with Gasteiger partial charge >= 0.3 is 6.61 Å². The highest BCUT2D eigenvalue weighted by Gasteiger charge is 2.14. The zero-order chi connectivity index (χ0) is 14.9. The number of H-pyrrole nitrogens is 1. The molecule has 0 saturated heterocycles. The first-order valence-corrected chi connectivity index (χ1v) is 6.18. The maximum Gasteiger partial charge on any atom is 0.387 e. The summed E-state index contributed by atoms with van der Waals surface area (Å²) < 4.78 is 35.6. The van der Waals surface area contributed by atoms with Crippen LogP contribution in [0.5, 0.6) is 11.5 Å². The highest BCUT2D eigenvalue weighted by Crippen LogP contribution is 2.31. The van der Waals surface area contributed by atoms with Crippen molar-refractivity contribution >= 4 is 23.1 Å². The average molecular weight is 302 g/mol. The van der Waals surface area contributed by atoms with Crippen molar-refractivity contribution in [3.8, 4) is 11.5 Å². The van der Waals surface area contributed by atoms with E-state index in [0.717, 1.165) is 0 Å². The van der Waals surface area contributed by atoms with E-state index in [2.05, 4.69) is 9.72 Å². The topological polar surface area (TPSA) is 56.2 Å². The van der Waals surface area contributed by atoms with Gasteiger partial charge in [-0.2, -0.15) is 8.78 Å². The number of methoxy groups -OCH3 is 1. The molecule has 1 heterocycles. The molecule has 0 radical (unpaired) electrons. The first-order chi connectivity index (χ1) is 9.47. The second kappa shape index (κ2) is 5.58. The highest BCUT2D eigenvalue weighted by molar-refractivity contribution is 7.71. The van der Waals surface area contributed by atoms with Crippen LogP contribution in [0.1, 0.15) is 6.92 Å². The number of nitrogens with one attached hydrogen (secondary N) is 1. The lowest BCUT2D eigenvalue weighted by Crippen LogP contribution is -2.21. The average Bonchev–Trinajstić information content (AvgIpc) is 2.38. The molecule has 2 aromatic rings. The summed E-state index contributed by atoms with van der Waals surface area (Å²) in [5.74, 6) is -0.0997. The van der Waals surface area contributed by atoms with Crippen molar-refractivity contribution in [2.45, 2.75) is 20.1 Å². The monoisotopic (exact) mass is 302 g/mol. The lowest BCUT2D eigenvalue weighted by molar-refractivity contribution is -0.0511. The number of halogens is 2. The van der Waals surface area contributed by atoms with Crippen LogP contribution in [0.15, 0.2) is 16.9 Å². The maximum absolute atomic E-state index is 12.3. The van der Waals surface area contributed by atoms with E-state index in [1.807, 2.05) is 0 Å². The molecule has 8 heteroatoms. The number of nitrogens with zero attached hydrogens (tertiary/aromatic N) is 1. The second-order valence-electron chi connectivity index (χ2n) is 3.91. The summed E-state index contributed by atoms with van der Waals surface area (Å²) in [6, 6.07) is 2.63. The molecule has 0 aliphatic rings. The van der Waals surface area contributed by atoms with E-state index in [1.54, 1.807) is 6.92 Å². The van der Waals surface area contributed by atoms with Crippen molar-refractivity contribution in [3.63, 3.8) is 0 Å². The lowest BCUT2D eigenvalue weighted by Gasteiger charge is -2.12. The molecule has 0 fully saturated rings. The Hall–Kier alpha value is -1.96. The van der Waals surface area contributed by atoms with Crippen LogP contribution in [-0.4, -0.2) is 23.3 Å². The third-order valence-electron chi connectivity index (χ3n) is 2.80. The second-order valence-corrected chi connectivity index (χ2v) is 4.29. The van der Waals surface area contributed by atoms with Crippen LogP contribution in [0.2, 0.25) is 0 Å². The number of rotatable bonds is 4. The van der Waals surface area contributed by atoms with Gasteiger partial charge in [-0.25, -0.2) is 0 Å². The number of fused-ring (bicyclic) bond motifs is 1. The van der Waals surface area contributed by atoms with Crippen LogP contribution in [0.4, 0.5) is 8.78 Å². The van der Waals surface area contributed by atoms with Gasteiger partial charge in [-0.3, -0.25) is 9.36 Å². The summed E-state index contributed by atoms with van der Waals surface area (Å²) in [5, 5.41) is 0.291. The van der Waals surface area contributed by atoms with Gasteiger partial charge in [-0.15, -0.1) is 0 Å². The minimum Gasteiger partial charge on any atom is -0.493 e. The molecule has 2 rings (SSSR count). The van der Waals surface area contributed by atoms with Crippen molar-refractivity contribution in [3.05, 3.63) is 27.3 Å². The van der Waals surface area contributed by atoms with Crippen LogP contribution in [0.25, 0.3) is 10.9 Å². The molecule has 0 amide bonds. The number of benzene rings is 1. The van der Waals surface area contributed by atoms with Gasteiger partial charge in [0.25, 0.3) is 5.56 Å². The van der Waals surface area contributed by atoms with E-state index >= 15 is 0 Å². The largest absolute Gasteiger partial charge is 0.493 e. The summed E-state index contributed by atoms with van der Waals surface area (Å²) in [4.78, 5) is 15.0. The maximum atomic E-state index is 12.3. The van der Waals surface area contributed by atoms with Crippen LogP contribution in [0.3, 0.4) is 0 Å². The van der Waals surface area contributed by atoms with E-state index in [9.17, 15) is 13.6 Å². The zero-order valence-corrected chi connectivity index (χ0v) is 11.6. The number of aromatic nitrogens is 2. The predicted molar refractivity (Wildman–Crippen MR) is 72.3 cm³/mol. The normalized spacial score (nSPS) is 11.1. The number of aromatic amines is 1. The predicted octanol–water partition coefficient (Wildman–Crippen LogP) is 2.69. The molecule has 0 atom stereocenters. The number of hydrogen-bond acceptors (Lipinski definition) is 4. The highest BCUT2D eigenvalue weighted by atomic mass is 32.1. The van der Waals surface area contributed by atoms with Crippen molar-refractivity contribution in [2.24, 2.45) is 0 Å². The standard InChI is InChI=1S/C12H12F2N2O3S/c1-3-16-10(17)6-4-8(18-2)9(19-11(13)14)5-7(6)15-12(16)20/h4-5,11H,3H2,1-2H3,(H,15,20). The van der Waals surface area contributed by atoms with Crippen LogP contribution < -0.4 is 15.0 Å². The summed E-state index contributed by atoms with van der Waals surface area (Å²) in [5.41, 5.74) is 0.00861. The third-order valence-corrected chi connectivity index (χ3v) is 3.12. The molecule has 0 spiro atoms. The van der Waals surface area contributed by atoms with E-state index < -0.39 is 6.61 Å². The Bertz CT molecular complexity index is 755. The molecule has 108 valence electrons. The summed E-state index contributed by atoms with van der Waals surface area (Å²) in [6.07, 6.45) is 0. The summed E-state index contributed by atoms with van der Waals surface area (Å²) in [6.45, 7) is -0.801. The molecule has 0 saturated carbocycles. The van der Waals surface area contributed by atoms with Crippen molar-refractivity contribution in [1.82, 2.24) is 9.55 Å². The Morgan fingerprint density at radius 3 is 2.65 bits per heavy atom. The van der Waals surface area contributed by atoms with Gasteiger partial charge < -0.3 is 14.5 Å². The summed E-state index contributed by atoms with van der Waals surface area (Å²) in [7, 11) is 1.31. The van der Waals surface area contributed by atoms with Gasteiger partial charge in [0, 0.05) is 12.6 Å². The Balaban J connectivity index is 2.77. The van der Waals surface area contributed by atoms with Crippen LogP contribution in [0, 0.1) is 4.77 Å². The molecule has 5 nitrogen and oxygen atoms in total. The van der Waals surface area contributed by atoms with Gasteiger partial charge in [0.1, 0.15) is 0 Å². The minimum atomic E-state index is -2.99. The first-order valence-electron chi connectivity index (χ1n) is 5.77. The molecule has 0 bridgehead atoms. The Morgan fingerprint density at radius 1 is 1.40 bits per heavy atom. The molecule has 1 aromatic carbocycles. The first kappa shape index (κ1) is 14.4. The Labute approximate surface area is 117 Å². The van der Waals surface area contributed by atoms with Crippen LogP contribution >= 0.6 is 12.2 Å². The molecule has 0 unspecified atom stereocenters. The third kappa shape index (κ3) is 2.51. The van der Waals surface area contributed by atoms with E-state index in [-0.39, 0.29) is 21.8 Å². The molecular formula is C12H12F2N2O3S. The van der Waals surface area contributed by atoms with E-state index in [0.29, 0.717) is 17.4 Å². The molecule has 0 aliphatic carbocycles. The molecule has 1 aromatic heterocycles. The lowest BCUT2D eigenvalue weighted by atomic mass is 10.2. The fourth-order valence-electron chi connectivity index (χ4n) is 1.90. The quantitative estimate of drug-likeness (QED) is 0.882. The Morgan fingerprint density at radius 2 is 2.10 bits per heavy atom. The molecule has 0 aliphatic heterocycles. The molecular weight excluding hydrogens is 290 g/mol. The number of alkyl halides is 2. The van der Waals surface area contributed by atoms with Gasteiger partial charge in [0.05, 0.1) is 18.0 Å². The SMILES string of the molecule is CCn1c(=S)[nH]c2cc(OC(F)F)c(OC)cc2c1=O.